The Kier molecular flexibility index (Phi) is 4.11. The van der Waals surface area contributed by atoms with Crippen LogP contribution in [0.3, 0.4) is 0 Å². The van der Waals surface area contributed by atoms with E-state index in [0.29, 0.717) is 0 Å². The summed E-state index contributed by atoms with van der Waals surface area (Å²) in [6.45, 7) is 3.58. The predicted octanol–water partition coefficient (Wildman–Crippen LogP) is 3.86. The van der Waals surface area contributed by atoms with Gasteiger partial charge in [0, 0.05) is 10.5 Å². The zero-order chi connectivity index (χ0) is 15.5. The van der Waals surface area contributed by atoms with Gasteiger partial charge in [-0.1, -0.05) is 43.0 Å². The minimum atomic E-state index is -0.220. The van der Waals surface area contributed by atoms with Gasteiger partial charge in [0.25, 0.3) is 5.91 Å². The maximum Gasteiger partial charge on any atom is 0.266 e. The number of fused-ring (bicyclic) bond motifs is 1. The summed E-state index contributed by atoms with van der Waals surface area (Å²) in [5, 5.41) is 5.81. The Morgan fingerprint density at radius 2 is 1.95 bits per heavy atom. The van der Waals surface area contributed by atoms with E-state index in [4.69, 9.17) is 0 Å². The van der Waals surface area contributed by atoms with Gasteiger partial charge in [-0.25, -0.2) is 5.01 Å². The SMILES string of the molecule is C=CC(=O)N1N=Cc2ccccc2C1c1ccc(SC)cc1. The average Bonchev–Trinajstić information content (AvgIpc) is 2.60. The van der Waals surface area contributed by atoms with E-state index in [-0.39, 0.29) is 11.9 Å². The van der Waals surface area contributed by atoms with Crippen molar-refractivity contribution in [3.63, 3.8) is 0 Å². The van der Waals surface area contributed by atoms with Crippen molar-refractivity contribution in [2.24, 2.45) is 5.10 Å². The molecule has 0 spiro atoms. The van der Waals surface area contributed by atoms with Crippen molar-refractivity contribution in [3.8, 4) is 0 Å². The van der Waals surface area contributed by atoms with E-state index in [9.17, 15) is 4.79 Å². The van der Waals surface area contributed by atoms with E-state index in [1.54, 1.807) is 18.0 Å². The van der Waals surface area contributed by atoms with Gasteiger partial charge < -0.3 is 0 Å². The summed E-state index contributed by atoms with van der Waals surface area (Å²) in [5.41, 5.74) is 3.15. The van der Waals surface area contributed by atoms with Crippen LogP contribution >= 0.6 is 11.8 Å². The number of nitrogens with zero attached hydrogens (tertiary/aromatic N) is 2. The molecule has 110 valence electrons. The van der Waals surface area contributed by atoms with E-state index in [0.717, 1.165) is 16.7 Å². The first-order valence-corrected chi connectivity index (χ1v) is 8.19. The first-order chi connectivity index (χ1) is 10.7. The molecule has 3 nitrogen and oxygen atoms in total. The summed E-state index contributed by atoms with van der Waals surface area (Å²) in [6.07, 6.45) is 5.07. The second-order valence-corrected chi connectivity index (χ2v) is 5.82. The van der Waals surface area contributed by atoms with Crippen molar-refractivity contribution in [2.75, 3.05) is 6.26 Å². The lowest BCUT2D eigenvalue weighted by Gasteiger charge is -2.31. The van der Waals surface area contributed by atoms with E-state index in [1.807, 2.05) is 30.5 Å². The average molecular weight is 308 g/mol. The zero-order valence-electron chi connectivity index (χ0n) is 12.3. The van der Waals surface area contributed by atoms with Crippen LogP contribution in [0.1, 0.15) is 22.7 Å². The van der Waals surface area contributed by atoms with Crippen molar-refractivity contribution >= 4 is 23.9 Å². The van der Waals surface area contributed by atoms with Crippen LogP contribution in [-0.4, -0.2) is 23.4 Å². The molecule has 0 fully saturated rings. The first kappa shape index (κ1) is 14.6. The van der Waals surface area contributed by atoms with Gasteiger partial charge >= 0.3 is 0 Å². The minimum absolute atomic E-state index is 0.204. The van der Waals surface area contributed by atoms with Crippen molar-refractivity contribution in [3.05, 3.63) is 77.9 Å². The summed E-state index contributed by atoms with van der Waals surface area (Å²) in [5.74, 6) is -0.204. The van der Waals surface area contributed by atoms with Gasteiger partial charge in [0.1, 0.15) is 6.04 Å². The molecule has 0 saturated heterocycles. The maximum atomic E-state index is 12.2. The number of amides is 1. The molecule has 3 rings (SSSR count). The molecule has 1 amide bonds. The van der Waals surface area contributed by atoms with Gasteiger partial charge in [0.2, 0.25) is 0 Å². The Balaban J connectivity index is 2.11. The molecule has 1 atom stereocenters. The second-order valence-electron chi connectivity index (χ2n) is 4.94. The van der Waals surface area contributed by atoms with Gasteiger partial charge in [-0.05, 0) is 35.6 Å². The molecular formula is C18H16N2OS. The fraction of sp³-hybridized carbons (Fsp3) is 0.111. The van der Waals surface area contributed by atoms with Gasteiger partial charge in [0.15, 0.2) is 0 Å². The lowest BCUT2D eigenvalue weighted by atomic mass is 9.93. The quantitative estimate of drug-likeness (QED) is 0.637. The highest BCUT2D eigenvalue weighted by atomic mass is 32.2. The Morgan fingerprint density at radius 1 is 1.23 bits per heavy atom. The molecule has 0 aliphatic carbocycles. The van der Waals surface area contributed by atoms with Crippen LogP contribution in [0.4, 0.5) is 0 Å². The van der Waals surface area contributed by atoms with Gasteiger partial charge in [-0.3, -0.25) is 4.79 Å². The fourth-order valence-corrected chi connectivity index (χ4v) is 2.99. The second kappa shape index (κ2) is 6.20. The van der Waals surface area contributed by atoms with E-state index >= 15 is 0 Å². The van der Waals surface area contributed by atoms with Crippen molar-refractivity contribution < 1.29 is 4.79 Å². The Bertz CT molecular complexity index is 737. The molecule has 0 radical (unpaired) electrons. The van der Waals surface area contributed by atoms with Crippen LogP contribution < -0.4 is 0 Å². The van der Waals surface area contributed by atoms with Crippen LogP contribution in [0.5, 0.6) is 0 Å². The number of carbonyl (C=O) groups excluding carboxylic acids is 1. The lowest BCUT2D eigenvalue weighted by molar-refractivity contribution is -0.127. The molecule has 22 heavy (non-hydrogen) atoms. The molecule has 0 aromatic heterocycles. The molecule has 0 saturated carbocycles. The van der Waals surface area contributed by atoms with Gasteiger partial charge in [0.05, 0.1) is 6.21 Å². The van der Waals surface area contributed by atoms with Gasteiger partial charge in [-0.2, -0.15) is 5.10 Å². The Hall–Kier alpha value is -2.33. The van der Waals surface area contributed by atoms with Gasteiger partial charge in [-0.15, -0.1) is 11.8 Å². The number of benzene rings is 2. The normalized spacial score (nSPS) is 16.2. The van der Waals surface area contributed by atoms with Crippen LogP contribution in [0, 0.1) is 0 Å². The highest BCUT2D eigenvalue weighted by molar-refractivity contribution is 7.98. The molecular weight excluding hydrogens is 292 g/mol. The third-order valence-electron chi connectivity index (χ3n) is 3.69. The van der Waals surface area contributed by atoms with Crippen molar-refractivity contribution in [1.29, 1.82) is 0 Å². The van der Waals surface area contributed by atoms with Crippen LogP contribution in [0.25, 0.3) is 0 Å². The topological polar surface area (TPSA) is 32.7 Å². The molecule has 2 aromatic carbocycles. The number of hydrazone groups is 1. The van der Waals surface area contributed by atoms with E-state index in [1.165, 1.54) is 16.0 Å². The lowest BCUT2D eigenvalue weighted by Crippen LogP contribution is -2.33. The number of carbonyl (C=O) groups is 1. The minimum Gasteiger partial charge on any atom is -0.268 e. The molecule has 2 aromatic rings. The summed E-state index contributed by atoms with van der Waals surface area (Å²) < 4.78 is 0. The maximum absolute atomic E-state index is 12.2. The number of hydrogen-bond acceptors (Lipinski definition) is 3. The third-order valence-corrected chi connectivity index (χ3v) is 4.43. The Labute approximate surface area is 134 Å². The highest BCUT2D eigenvalue weighted by Gasteiger charge is 2.29. The monoisotopic (exact) mass is 308 g/mol. The third kappa shape index (κ3) is 2.57. The standard InChI is InChI=1S/C18H16N2OS/c1-3-17(21)20-18(13-8-10-15(22-2)11-9-13)16-7-5-4-6-14(16)12-19-20/h3-12,18H,1H2,2H3. The summed E-state index contributed by atoms with van der Waals surface area (Å²) >= 11 is 1.70. The molecule has 0 N–H and O–H groups in total. The molecule has 0 bridgehead atoms. The van der Waals surface area contributed by atoms with Crippen LogP contribution in [0.15, 0.2) is 71.2 Å². The highest BCUT2D eigenvalue weighted by Crippen LogP contribution is 2.34. The predicted molar refractivity (Wildman–Crippen MR) is 91.1 cm³/mol. The molecule has 1 aliphatic rings. The van der Waals surface area contributed by atoms with E-state index in [2.05, 4.69) is 35.9 Å². The number of rotatable bonds is 3. The number of hydrogen-bond donors (Lipinski definition) is 0. The zero-order valence-corrected chi connectivity index (χ0v) is 13.1. The smallest absolute Gasteiger partial charge is 0.266 e. The fourth-order valence-electron chi connectivity index (χ4n) is 2.58. The summed E-state index contributed by atoms with van der Waals surface area (Å²) in [4.78, 5) is 13.4. The van der Waals surface area contributed by atoms with Crippen LogP contribution in [0.2, 0.25) is 0 Å². The number of thioether (sulfide) groups is 1. The van der Waals surface area contributed by atoms with Crippen LogP contribution in [-0.2, 0) is 4.79 Å². The molecule has 1 aliphatic heterocycles. The molecule has 1 unspecified atom stereocenters. The van der Waals surface area contributed by atoms with Crippen molar-refractivity contribution in [1.82, 2.24) is 5.01 Å². The largest absolute Gasteiger partial charge is 0.268 e. The Morgan fingerprint density at radius 3 is 2.64 bits per heavy atom. The molecule has 1 heterocycles. The molecule has 4 heteroatoms. The van der Waals surface area contributed by atoms with Crippen molar-refractivity contribution in [2.45, 2.75) is 10.9 Å². The van der Waals surface area contributed by atoms with E-state index < -0.39 is 0 Å². The summed E-state index contributed by atoms with van der Waals surface area (Å²) in [7, 11) is 0. The first-order valence-electron chi connectivity index (χ1n) is 6.97. The summed E-state index contributed by atoms with van der Waals surface area (Å²) in [6, 6.07) is 16.0.